The molecule has 0 spiro atoms. The molecule has 0 aliphatic carbocycles. The highest BCUT2D eigenvalue weighted by Crippen LogP contribution is 2.32. The monoisotopic (exact) mass is 472 g/mol. The van der Waals surface area contributed by atoms with Crippen molar-refractivity contribution in [2.24, 2.45) is 0 Å². The van der Waals surface area contributed by atoms with Crippen LogP contribution >= 0.6 is 0 Å². The molecule has 33 heavy (non-hydrogen) atoms. The Morgan fingerprint density at radius 3 is 2.27 bits per heavy atom. The van der Waals surface area contributed by atoms with Crippen molar-refractivity contribution in [3.63, 3.8) is 0 Å². The Bertz CT molecular complexity index is 1000. The van der Waals surface area contributed by atoms with Crippen LogP contribution in [0.25, 0.3) is 0 Å². The number of carbonyl (C=O) groups excluding carboxylic acids is 1. The number of methoxy groups -OCH3 is 1. The van der Waals surface area contributed by atoms with E-state index in [1.807, 2.05) is 43.0 Å². The van der Waals surface area contributed by atoms with E-state index in [9.17, 15) is 13.2 Å². The lowest BCUT2D eigenvalue weighted by Crippen LogP contribution is -2.35. The van der Waals surface area contributed by atoms with Crippen LogP contribution in [-0.4, -0.2) is 50.3 Å². The van der Waals surface area contributed by atoms with E-state index in [1.54, 1.807) is 19.2 Å². The van der Waals surface area contributed by atoms with Crippen molar-refractivity contribution in [3.05, 3.63) is 59.7 Å². The molecule has 1 fully saturated rings. The summed E-state index contributed by atoms with van der Waals surface area (Å²) in [5, 5.41) is 0. The molecule has 2 aromatic carbocycles. The number of hydrogen-bond donors (Lipinski definition) is 0. The van der Waals surface area contributed by atoms with Crippen LogP contribution < -0.4 is 4.74 Å². The molecule has 0 unspecified atom stereocenters. The molecule has 1 amide bonds. The van der Waals surface area contributed by atoms with Crippen molar-refractivity contribution < 1.29 is 17.9 Å². The van der Waals surface area contributed by atoms with Crippen LogP contribution in [0.1, 0.15) is 63.1 Å². The molecule has 0 aromatic heterocycles. The number of amides is 1. The fourth-order valence-corrected chi connectivity index (χ4v) is 5.97. The first kappa shape index (κ1) is 25.2. The van der Waals surface area contributed by atoms with Gasteiger partial charge in [0.2, 0.25) is 15.9 Å². The van der Waals surface area contributed by atoms with Crippen molar-refractivity contribution in [2.45, 2.75) is 63.3 Å². The fourth-order valence-electron chi connectivity index (χ4n) is 4.52. The second kappa shape index (κ2) is 11.7. The van der Waals surface area contributed by atoms with E-state index in [2.05, 4.69) is 12.1 Å². The van der Waals surface area contributed by atoms with Gasteiger partial charge in [-0.05, 0) is 54.7 Å². The van der Waals surface area contributed by atoms with Gasteiger partial charge in [-0.2, -0.15) is 4.31 Å². The Kier molecular flexibility index (Phi) is 8.92. The van der Waals surface area contributed by atoms with E-state index in [0.29, 0.717) is 30.8 Å². The van der Waals surface area contributed by atoms with Gasteiger partial charge in [0.15, 0.2) is 0 Å². The van der Waals surface area contributed by atoms with Crippen LogP contribution in [0.3, 0.4) is 0 Å². The summed E-state index contributed by atoms with van der Waals surface area (Å²) >= 11 is 0. The maximum Gasteiger partial charge on any atom is 0.243 e. The molecule has 1 atom stereocenters. The van der Waals surface area contributed by atoms with Crippen molar-refractivity contribution in [1.29, 1.82) is 0 Å². The molecule has 1 heterocycles. The Morgan fingerprint density at radius 2 is 1.67 bits per heavy atom. The summed E-state index contributed by atoms with van der Waals surface area (Å²) in [7, 11) is -1.81. The summed E-state index contributed by atoms with van der Waals surface area (Å²) in [5.74, 6) is 0.967. The number of nitrogens with zero attached hydrogens (tertiary/aromatic N) is 2. The van der Waals surface area contributed by atoms with Gasteiger partial charge in [0, 0.05) is 26.1 Å². The minimum atomic E-state index is -3.46. The van der Waals surface area contributed by atoms with Gasteiger partial charge < -0.3 is 9.64 Å². The van der Waals surface area contributed by atoms with Gasteiger partial charge in [0.05, 0.1) is 18.0 Å². The Morgan fingerprint density at radius 1 is 1.00 bits per heavy atom. The molecule has 0 saturated carbocycles. The predicted molar refractivity (Wildman–Crippen MR) is 131 cm³/mol. The zero-order valence-electron chi connectivity index (χ0n) is 20.0. The maximum atomic E-state index is 13.2. The first-order valence-corrected chi connectivity index (χ1v) is 13.4. The van der Waals surface area contributed by atoms with Crippen LogP contribution in [0.5, 0.6) is 5.75 Å². The number of ether oxygens (including phenoxy) is 1. The fraction of sp³-hybridized carbons (Fsp3) is 0.500. The molecular formula is C26H36N2O4S. The summed E-state index contributed by atoms with van der Waals surface area (Å²) < 4.78 is 32.1. The summed E-state index contributed by atoms with van der Waals surface area (Å²) in [4.78, 5) is 15.6. The molecule has 3 rings (SSSR count). The van der Waals surface area contributed by atoms with Crippen molar-refractivity contribution in [1.82, 2.24) is 9.21 Å². The largest absolute Gasteiger partial charge is 0.497 e. The molecule has 0 N–H and O–H groups in total. The third kappa shape index (κ3) is 6.15. The van der Waals surface area contributed by atoms with Crippen LogP contribution in [-0.2, 0) is 21.2 Å². The Labute approximate surface area is 198 Å². The predicted octanol–water partition coefficient (Wildman–Crippen LogP) is 4.80. The minimum absolute atomic E-state index is 0.0903. The normalized spacial score (nSPS) is 17.1. The van der Waals surface area contributed by atoms with Crippen molar-refractivity contribution in [3.8, 4) is 5.75 Å². The molecule has 0 radical (unpaired) electrons. The topological polar surface area (TPSA) is 66.9 Å². The smallest absolute Gasteiger partial charge is 0.243 e. The van der Waals surface area contributed by atoms with Crippen LogP contribution in [0.4, 0.5) is 0 Å². The lowest BCUT2D eigenvalue weighted by atomic mass is 10.00. The standard InChI is InChI=1S/C26H36N2O4S/c1-4-27(5-2)33(30,31)24-17-10-21(11-18-24)12-19-26(29)28-20-8-6-7-9-25(28)22-13-15-23(32-3)16-14-22/h10-11,13-18,25H,4-9,12,19-20H2,1-3H3/t25-/m1/s1. The molecule has 6 nitrogen and oxygen atoms in total. The quantitative estimate of drug-likeness (QED) is 0.526. The lowest BCUT2D eigenvalue weighted by molar-refractivity contribution is -0.133. The number of hydrogen-bond acceptors (Lipinski definition) is 4. The molecule has 2 aromatic rings. The molecule has 1 aliphatic heterocycles. The van der Waals surface area contributed by atoms with E-state index < -0.39 is 10.0 Å². The Hall–Kier alpha value is -2.38. The summed E-state index contributed by atoms with van der Waals surface area (Å²) in [6.45, 7) is 5.34. The van der Waals surface area contributed by atoms with Crippen LogP contribution in [0, 0.1) is 0 Å². The third-order valence-corrected chi connectivity index (χ3v) is 8.53. The molecule has 1 saturated heterocycles. The van der Waals surface area contributed by atoms with Crippen molar-refractivity contribution in [2.75, 3.05) is 26.7 Å². The second-order valence-corrected chi connectivity index (χ2v) is 10.4. The average molecular weight is 473 g/mol. The lowest BCUT2D eigenvalue weighted by Gasteiger charge is -2.31. The van der Waals surface area contributed by atoms with Gasteiger partial charge in [-0.3, -0.25) is 4.79 Å². The SMILES string of the molecule is CCN(CC)S(=O)(=O)c1ccc(CCC(=O)N2CCCCC[C@@H]2c2ccc(OC)cc2)cc1. The number of carbonyl (C=O) groups is 1. The van der Waals surface area contributed by atoms with E-state index >= 15 is 0 Å². The van der Waals surface area contributed by atoms with Gasteiger partial charge >= 0.3 is 0 Å². The van der Waals surface area contributed by atoms with Gasteiger partial charge in [0.25, 0.3) is 0 Å². The highest BCUT2D eigenvalue weighted by molar-refractivity contribution is 7.89. The zero-order valence-corrected chi connectivity index (χ0v) is 20.8. The molecule has 180 valence electrons. The Balaban J connectivity index is 1.67. The number of aryl methyl sites for hydroxylation is 1. The molecule has 7 heteroatoms. The van der Waals surface area contributed by atoms with Gasteiger partial charge in [-0.25, -0.2) is 8.42 Å². The summed E-state index contributed by atoms with van der Waals surface area (Å²) in [6, 6.07) is 15.1. The number of benzene rings is 2. The van der Waals surface area contributed by atoms with Crippen molar-refractivity contribution >= 4 is 15.9 Å². The van der Waals surface area contributed by atoms with Gasteiger partial charge in [0.1, 0.15) is 5.75 Å². The number of sulfonamides is 1. The van der Waals surface area contributed by atoms with E-state index in [-0.39, 0.29) is 11.9 Å². The highest BCUT2D eigenvalue weighted by Gasteiger charge is 2.27. The highest BCUT2D eigenvalue weighted by atomic mass is 32.2. The molecule has 0 bridgehead atoms. The minimum Gasteiger partial charge on any atom is -0.497 e. The molecular weight excluding hydrogens is 436 g/mol. The third-order valence-electron chi connectivity index (χ3n) is 6.47. The number of likely N-dealkylation sites (tertiary alicyclic amines) is 1. The first-order valence-electron chi connectivity index (χ1n) is 11.9. The summed E-state index contributed by atoms with van der Waals surface area (Å²) in [6.07, 6.45) is 5.25. The van der Waals surface area contributed by atoms with Crippen LogP contribution in [0.2, 0.25) is 0 Å². The number of rotatable bonds is 9. The molecule has 1 aliphatic rings. The van der Waals surface area contributed by atoms with Gasteiger partial charge in [-0.15, -0.1) is 0 Å². The van der Waals surface area contributed by atoms with E-state index in [4.69, 9.17) is 4.74 Å². The maximum absolute atomic E-state index is 13.2. The summed E-state index contributed by atoms with van der Waals surface area (Å²) in [5.41, 5.74) is 2.12. The average Bonchev–Trinajstić information content (AvgIpc) is 3.10. The van der Waals surface area contributed by atoms with E-state index in [1.165, 1.54) is 4.31 Å². The van der Waals surface area contributed by atoms with E-state index in [0.717, 1.165) is 49.1 Å². The van der Waals surface area contributed by atoms with Crippen LogP contribution in [0.15, 0.2) is 53.4 Å². The first-order chi connectivity index (χ1) is 15.9. The van der Waals surface area contributed by atoms with Gasteiger partial charge in [-0.1, -0.05) is 51.0 Å². The second-order valence-electron chi connectivity index (χ2n) is 8.46. The zero-order chi connectivity index (χ0) is 23.8.